The fraction of sp³-hybridized carbons (Fsp3) is 0.300. The summed E-state index contributed by atoms with van der Waals surface area (Å²) in [4.78, 5) is 2.23. The van der Waals surface area contributed by atoms with Crippen LogP contribution in [0, 0.1) is 0 Å². The molecular formula is C20H24N2O3S. The SMILES string of the molecule is O=S(=O)(/C=C/c1ccccc1)NC(CN1CCOCC1)c1ccccc1. The number of hydrogen-bond donors (Lipinski definition) is 1. The van der Waals surface area contributed by atoms with Crippen LogP contribution >= 0.6 is 0 Å². The van der Waals surface area contributed by atoms with Crippen molar-refractivity contribution >= 4 is 16.1 Å². The fourth-order valence-corrected chi connectivity index (χ4v) is 3.93. The van der Waals surface area contributed by atoms with Crippen molar-refractivity contribution < 1.29 is 13.2 Å². The quantitative estimate of drug-likeness (QED) is 0.812. The second-order valence-corrected chi connectivity index (χ2v) is 7.85. The zero-order valence-corrected chi connectivity index (χ0v) is 15.4. The van der Waals surface area contributed by atoms with Crippen molar-refractivity contribution in [3.05, 3.63) is 77.2 Å². The summed E-state index contributed by atoms with van der Waals surface area (Å²) in [5.74, 6) is 0. The first kappa shape index (κ1) is 18.8. The lowest BCUT2D eigenvalue weighted by Gasteiger charge is -2.30. The van der Waals surface area contributed by atoms with E-state index in [0.29, 0.717) is 19.8 Å². The van der Waals surface area contributed by atoms with E-state index >= 15 is 0 Å². The van der Waals surface area contributed by atoms with Crippen molar-refractivity contribution in [1.29, 1.82) is 0 Å². The molecule has 6 heteroatoms. The molecule has 2 aromatic carbocycles. The highest BCUT2D eigenvalue weighted by atomic mass is 32.2. The molecule has 26 heavy (non-hydrogen) atoms. The molecule has 0 saturated carbocycles. The van der Waals surface area contributed by atoms with Gasteiger partial charge < -0.3 is 4.74 Å². The lowest BCUT2D eigenvalue weighted by atomic mass is 10.1. The Labute approximate surface area is 155 Å². The number of morpholine rings is 1. The molecule has 1 heterocycles. The Bertz CT molecular complexity index is 801. The zero-order chi connectivity index (χ0) is 18.2. The van der Waals surface area contributed by atoms with Gasteiger partial charge in [-0.1, -0.05) is 60.7 Å². The summed E-state index contributed by atoms with van der Waals surface area (Å²) in [7, 11) is -3.57. The first-order valence-corrected chi connectivity index (χ1v) is 10.3. The minimum Gasteiger partial charge on any atom is -0.379 e. The third kappa shape index (κ3) is 5.78. The van der Waals surface area contributed by atoms with Gasteiger partial charge in [-0.05, 0) is 17.2 Å². The van der Waals surface area contributed by atoms with Gasteiger partial charge in [-0.15, -0.1) is 0 Å². The average molecular weight is 372 g/mol. The predicted octanol–water partition coefficient (Wildman–Crippen LogP) is 2.65. The molecule has 1 atom stereocenters. The smallest absolute Gasteiger partial charge is 0.234 e. The molecule has 5 nitrogen and oxygen atoms in total. The molecule has 1 saturated heterocycles. The Balaban J connectivity index is 1.74. The second kappa shape index (κ2) is 9.09. The first-order valence-electron chi connectivity index (χ1n) is 8.73. The van der Waals surface area contributed by atoms with Crippen LogP contribution in [0.2, 0.25) is 0 Å². The Kier molecular flexibility index (Phi) is 6.57. The fourth-order valence-electron chi connectivity index (χ4n) is 2.91. The van der Waals surface area contributed by atoms with Gasteiger partial charge >= 0.3 is 0 Å². The molecule has 0 aliphatic carbocycles. The van der Waals surface area contributed by atoms with Crippen molar-refractivity contribution in [3.8, 4) is 0 Å². The van der Waals surface area contributed by atoms with Crippen LogP contribution in [0.15, 0.2) is 66.1 Å². The van der Waals surface area contributed by atoms with Crippen LogP contribution in [-0.4, -0.2) is 46.2 Å². The van der Waals surface area contributed by atoms with Gasteiger partial charge in [-0.3, -0.25) is 4.90 Å². The Morgan fingerprint density at radius 2 is 1.62 bits per heavy atom. The van der Waals surface area contributed by atoms with Gasteiger partial charge in [0.2, 0.25) is 10.0 Å². The van der Waals surface area contributed by atoms with E-state index in [1.165, 1.54) is 5.41 Å². The molecule has 1 fully saturated rings. The number of benzene rings is 2. The molecule has 138 valence electrons. The molecule has 2 aromatic rings. The number of hydrogen-bond acceptors (Lipinski definition) is 4. The number of nitrogens with zero attached hydrogens (tertiary/aromatic N) is 1. The van der Waals surface area contributed by atoms with E-state index in [1.807, 2.05) is 60.7 Å². The standard InChI is InChI=1S/C20H24N2O3S/c23-26(24,16-11-18-7-3-1-4-8-18)21-20(19-9-5-2-6-10-19)17-22-12-14-25-15-13-22/h1-11,16,20-21H,12-15,17H2/b16-11+. The molecule has 0 amide bonds. The molecular weight excluding hydrogens is 348 g/mol. The molecule has 1 unspecified atom stereocenters. The van der Waals surface area contributed by atoms with Crippen LogP contribution in [0.4, 0.5) is 0 Å². The number of rotatable bonds is 7. The summed E-state index contributed by atoms with van der Waals surface area (Å²) in [6.45, 7) is 3.60. The molecule has 0 bridgehead atoms. The molecule has 1 aliphatic heterocycles. The maximum absolute atomic E-state index is 12.6. The average Bonchev–Trinajstić information content (AvgIpc) is 2.68. The van der Waals surface area contributed by atoms with Crippen LogP contribution in [0.5, 0.6) is 0 Å². The third-order valence-electron chi connectivity index (χ3n) is 4.29. The van der Waals surface area contributed by atoms with E-state index in [9.17, 15) is 8.42 Å². The van der Waals surface area contributed by atoms with Crippen molar-refractivity contribution in [1.82, 2.24) is 9.62 Å². The lowest BCUT2D eigenvalue weighted by molar-refractivity contribution is 0.0345. The number of nitrogens with one attached hydrogen (secondary N) is 1. The van der Waals surface area contributed by atoms with Gasteiger partial charge in [0.1, 0.15) is 0 Å². The summed E-state index contributed by atoms with van der Waals surface area (Å²) in [5.41, 5.74) is 1.80. The molecule has 1 aliphatic rings. The molecule has 0 radical (unpaired) electrons. The predicted molar refractivity (Wildman–Crippen MR) is 104 cm³/mol. The van der Waals surface area contributed by atoms with E-state index in [0.717, 1.165) is 24.2 Å². The summed E-state index contributed by atoms with van der Waals surface area (Å²) in [6.07, 6.45) is 1.61. The van der Waals surface area contributed by atoms with Crippen LogP contribution in [-0.2, 0) is 14.8 Å². The van der Waals surface area contributed by atoms with Gasteiger partial charge in [0.05, 0.1) is 19.3 Å². The summed E-state index contributed by atoms with van der Waals surface area (Å²) < 4.78 is 33.4. The van der Waals surface area contributed by atoms with Gasteiger partial charge in [0, 0.05) is 25.0 Å². The Hall–Kier alpha value is -1.99. The van der Waals surface area contributed by atoms with Gasteiger partial charge in [0.25, 0.3) is 0 Å². The van der Waals surface area contributed by atoms with E-state index in [2.05, 4.69) is 9.62 Å². The molecule has 0 aromatic heterocycles. The van der Waals surface area contributed by atoms with Crippen LogP contribution in [0.25, 0.3) is 6.08 Å². The lowest BCUT2D eigenvalue weighted by Crippen LogP contribution is -2.42. The minimum atomic E-state index is -3.57. The van der Waals surface area contributed by atoms with Crippen molar-refractivity contribution in [2.24, 2.45) is 0 Å². The van der Waals surface area contributed by atoms with Crippen molar-refractivity contribution in [2.75, 3.05) is 32.8 Å². The Morgan fingerprint density at radius 3 is 2.27 bits per heavy atom. The number of sulfonamides is 1. The van der Waals surface area contributed by atoms with Crippen LogP contribution in [0.3, 0.4) is 0 Å². The van der Waals surface area contributed by atoms with Crippen LogP contribution < -0.4 is 4.72 Å². The van der Waals surface area contributed by atoms with Gasteiger partial charge in [-0.25, -0.2) is 13.1 Å². The van der Waals surface area contributed by atoms with E-state index < -0.39 is 10.0 Å². The largest absolute Gasteiger partial charge is 0.379 e. The summed E-state index contributed by atoms with van der Waals surface area (Å²) >= 11 is 0. The summed E-state index contributed by atoms with van der Waals surface area (Å²) in [6, 6.07) is 18.8. The highest BCUT2D eigenvalue weighted by Gasteiger charge is 2.21. The maximum atomic E-state index is 12.6. The Morgan fingerprint density at radius 1 is 1.00 bits per heavy atom. The highest BCUT2D eigenvalue weighted by molar-refractivity contribution is 7.92. The molecule has 1 N–H and O–H groups in total. The van der Waals surface area contributed by atoms with E-state index in [4.69, 9.17) is 4.74 Å². The van der Waals surface area contributed by atoms with Crippen molar-refractivity contribution in [3.63, 3.8) is 0 Å². The zero-order valence-electron chi connectivity index (χ0n) is 14.6. The van der Waals surface area contributed by atoms with Gasteiger partial charge in [0.15, 0.2) is 0 Å². The topological polar surface area (TPSA) is 58.6 Å². The normalized spacial score (nSPS) is 17.4. The first-order chi connectivity index (χ1) is 12.6. The minimum absolute atomic E-state index is 0.306. The van der Waals surface area contributed by atoms with E-state index in [1.54, 1.807) is 6.08 Å². The number of ether oxygens (including phenoxy) is 1. The summed E-state index contributed by atoms with van der Waals surface area (Å²) in [5, 5.41) is 1.23. The maximum Gasteiger partial charge on any atom is 0.234 e. The van der Waals surface area contributed by atoms with Crippen molar-refractivity contribution in [2.45, 2.75) is 6.04 Å². The highest BCUT2D eigenvalue weighted by Crippen LogP contribution is 2.17. The third-order valence-corrected chi connectivity index (χ3v) is 5.40. The molecule has 3 rings (SSSR count). The van der Waals surface area contributed by atoms with Crippen LogP contribution in [0.1, 0.15) is 17.2 Å². The second-order valence-electron chi connectivity index (χ2n) is 6.25. The molecule has 0 spiro atoms. The monoisotopic (exact) mass is 372 g/mol. The van der Waals surface area contributed by atoms with Gasteiger partial charge in [-0.2, -0.15) is 0 Å². The van der Waals surface area contributed by atoms with E-state index in [-0.39, 0.29) is 6.04 Å².